The Kier molecular flexibility index (Phi) is 4.84. The maximum absolute atomic E-state index is 13.3. The summed E-state index contributed by atoms with van der Waals surface area (Å²) in [4.78, 5) is 12.8. The molecule has 0 atom stereocenters. The van der Waals surface area contributed by atoms with Crippen LogP contribution in [0.5, 0.6) is 0 Å². The van der Waals surface area contributed by atoms with Crippen molar-refractivity contribution in [3.8, 4) is 0 Å². The van der Waals surface area contributed by atoms with Gasteiger partial charge in [0.1, 0.15) is 4.90 Å². The number of amides is 1. The number of carbonyl (C=O) groups is 1. The zero-order valence-corrected chi connectivity index (χ0v) is 18.9. The Hall–Kier alpha value is -3.34. The number of carbonyl (C=O) groups excluding carboxylic acids is 1. The third-order valence-corrected chi connectivity index (χ3v) is 7.94. The molecule has 6 rings (SSSR count). The first kappa shape index (κ1) is 22.5. The number of aryl methyl sites for hydroxylation is 1. The van der Waals surface area contributed by atoms with Crippen molar-refractivity contribution in [1.82, 2.24) is 15.1 Å². The maximum atomic E-state index is 13.3. The second-order valence-electron chi connectivity index (χ2n) is 9.12. The molecule has 0 unspecified atom stereocenters. The predicted molar refractivity (Wildman–Crippen MR) is 118 cm³/mol. The van der Waals surface area contributed by atoms with E-state index >= 15 is 0 Å². The van der Waals surface area contributed by atoms with E-state index in [-0.39, 0.29) is 15.9 Å². The van der Waals surface area contributed by atoms with E-state index in [4.69, 9.17) is 0 Å². The second kappa shape index (κ2) is 7.33. The lowest BCUT2D eigenvalue weighted by molar-refractivity contribution is -0.137. The van der Waals surface area contributed by atoms with Crippen LogP contribution in [0.2, 0.25) is 0 Å². The first-order valence-electron chi connectivity index (χ1n) is 10.5. The number of alkyl halides is 3. The summed E-state index contributed by atoms with van der Waals surface area (Å²) in [5.41, 5.74) is -0.916. The van der Waals surface area contributed by atoms with Crippen LogP contribution >= 0.6 is 0 Å². The smallest absolute Gasteiger partial charge is 0.346 e. The van der Waals surface area contributed by atoms with Crippen molar-refractivity contribution in [2.45, 2.75) is 41.3 Å². The first-order valence-corrected chi connectivity index (χ1v) is 12.0. The minimum Gasteiger partial charge on any atom is -0.346 e. The normalized spacial score (nSPS) is 23.5. The number of nitrogens with one attached hydrogen (secondary N) is 2. The van der Waals surface area contributed by atoms with E-state index in [9.17, 15) is 26.4 Å². The molecule has 11 heteroatoms. The quantitative estimate of drug-likeness (QED) is 0.549. The Morgan fingerprint density at radius 1 is 1.09 bits per heavy atom. The Balaban J connectivity index is 1.40. The van der Waals surface area contributed by atoms with Crippen molar-refractivity contribution in [3.63, 3.8) is 0 Å². The van der Waals surface area contributed by atoms with Gasteiger partial charge in [-0.15, -0.1) is 0 Å². The van der Waals surface area contributed by atoms with Gasteiger partial charge < -0.3 is 5.32 Å². The van der Waals surface area contributed by atoms with Crippen molar-refractivity contribution < 1.29 is 26.4 Å². The topological polar surface area (TPSA) is 93.1 Å². The van der Waals surface area contributed by atoms with Gasteiger partial charge in [0.05, 0.1) is 23.0 Å². The van der Waals surface area contributed by atoms with Crippen LogP contribution in [-0.2, 0) is 28.7 Å². The number of benzene rings is 2. The lowest BCUT2D eigenvalue weighted by Crippen LogP contribution is -2.76. The number of halogens is 3. The standard InChI is InChI=1S/C23H21F3N4O3S/c1-30-11-17(10-27-30)34(32,33)29-19-9-16(23(24,25)26)7-8-18(19)20(31)28-22-12-21(13-22,14-22)15-5-3-2-4-6-15/h2-11,29H,12-14H2,1H3,(H,28,31). The van der Waals surface area contributed by atoms with E-state index in [0.29, 0.717) is 6.07 Å². The monoisotopic (exact) mass is 490 g/mol. The molecule has 0 spiro atoms. The predicted octanol–water partition coefficient (Wildman–Crippen LogP) is 3.84. The van der Waals surface area contributed by atoms with Crippen LogP contribution < -0.4 is 10.0 Å². The summed E-state index contributed by atoms with van der Waals surface area (Å²) in [5.74, 6) is -0.626. The van der Waals surface area contributed by atoms with Crippen LogP contribution in [0.25, 0.3) is 0 Å². The van der Waals surface area contributed by atoms with Gasteiger partial charge in [-0.25, -0.2) is 8.42 Å². The zero-order chi connectivity index (χ0) is 24.4. The summed E-state index contributed by atoms with van der Waals surface area (Å²) in [6, 6.07) is 12.4. The van der Waals surface area contributed by atoms with Gasteiger partial charge in [-0.05, 0) is 43.0 Å². The number of anilines is 1. The third kappa shape index (κ3) is 3.73. The van der Waals surface area contributed by atoms with E-state index in [1.807, 2.05) is 30.3 Å². The number of nitrogens with zero attached hydrogens (tertiary/aromatic N) is 2. The zero-order valence-electron chi connectivity index (χ0n) is 18.1. The molecule has 34 heavy (non-hydrogen) atoms. The molecule has 1 heterocycles. The Labute approximate surface area is 194 Å². The molecule has 2 N–H and O–H groups in total. The average molecular weight is 491 g/mol. The van der Waals surface area contributed by atoms with Crippen LogP contribution in [0.15, 0.2) is 65.8 Å². The van der Waals surface area contributed by atoms with Crippen molar-refractivity contribution in [1.29, 1.82) is 0 Å². The summed E-state index contributed by atoms with van der Waals surface area (Å²) in [5, 5.41) is 6.71. The fraction of sp³-hybridized carbons (Fsp3) is 0.304. The average Bonchev–Trinajstić information content (AvgIpc) is 3.16. The lowest BCUT2D eigenvalue weighted by atomic mass is 9.37. The minimum absolute atomic E-state index is 0.0133. The van der Waals surface area contributed by atoms with Gasteiger partial charge in [0.2, 0.25) is 0 Å². The van der Waals surface area contributed by atoms with Gasteiger partial charge in [0.25, 0.3) is 15.9 Å². The van der Waals surface area contributed by atoms with E-state index in [1.54, 1.807) is 0 Å². The molecule has 1 amide bonds. The van der Waals surface area contributed by atoms with Gasteiger partial charge in [-0.2, -0.15) is 18.3 Å². The van der Waals surface area contributed by atoms with Crippen molar-refractivity contribution >= 4 is 21.6 Å². The lowest BCUT2D eigenvalue weighted by Gasteiger charge is -2.71. The number of rotatable bonds is 6. The van der Waals surface area contributed by atoms with E-state index in [1.165, 1.54) is 23.5 Å². The number of hydrogen-bond donors (Lipinski definition) is 2. The minimum atomic E-state index is -4.71. The molecule has 3 saturated carbocycles. The Morgan fingerprint density at radius 3 is 2.35 bits per heavy atom. The molecule has 2 bridgehead atoms. The highest BCUT2D eigenvalue weighted by molar-refractivity contribution is 7.92. The number of aromatic nitrogens is 2. The highest BCUT2D eigenvalue weighted by Crippen LogP contribution is 2.67. The third-order valence-electron chi connectivity index (χ3n) is 6.62. The van der Waals surface area contributed by atoms with E-state index in [0.717, 1.165) is 37.6 Å². The molecule has 0 radical (unpaired) electrons. The second-order valence-corrected chi connectivity index (χ2v) is 10.8. The fourth-order valence-electron chi connectivity index (χ4n) is 5.07. The summed E-state index contributed by atoms with van der Waals surface area (Å²) >= 11 is 0. The van der Waals surface area contributed by atoms with Crippen LogP contribution in [0, 0.1) is 0 Å². The maximum Gasteiger partial charge on any atom is 0.416 e. The fourth-order valence-corrected chi connectivity index (χ4v) is 6.12. The summed E-state index contributed by atoms with van der Waals surface area (Å²) < 4.78 is 68.8. The largest absolute Gasteiger partial charge is 0.416 e. The van der Waals surface area contributed by atoms with Crippen molar-refractivity contribution in [3.05, 3.63) is 77.6 Å². The molecule has 3 aliphatic rings. The van der Waals surface area contributed by atoms with Crippen molar-refractivity contribution in [2.75, 3.05) is 4.72 Å². The molecule has 7 nitrogen and oxygen atoms in total. The Bertz CT molecular complexity index is 1360. The molecule has 2 aromatic carbocycles. The van der Waals surface area contributed by atoms with Gasteiger partial charge in [0.15, 0.2) is 0 Å². The highest BCUT2D eigenvalue weighted by atomic mass is 32.2. The van der Waals surface area contributed by atoms with Crippen LogP contribution in [0.4, 0.5) is 18.9 Å². The molecule has 1 aromatic heterocycles. The summed E-state index contributed by atoms with van der Waals surface area (Å²) in [6.07, 6.45) is -0.242. The number of sulfonamides is 1. The van der Waals surface area contributed by atoms with Gasteiger partial charge in [0, 0.05) is 24.2 Å². The summed E-state index contributed by atoms with van der Waals surface area (Å²) in [6.45, 7) is 0. The highest BCUT2D eigenvalue weighted by Gasteiger charge is 2.69. The van der Waals surface area contributed by atoms with Crippen molar-refractivity contribution in [2.24, 2.45) is 7.05 Å². The summed E-state index contributed by atoms with van der Waals surface area (Å²) in [7, 11) is -2.75. The SMILES string of the molecule is Cn1cc(S(=O)(=O)Nc2cc(C(F)(F)F)ccc2C(=O)NC23CC(c4ccccc4)(C2)C3)cn1. The molecule has 3 fully saturated rings. The molecule has 3 aromatic rings. The molecular weight excluding hydrogens is 469 g/mol. The first-order chi connectivity index (χ1) is 15.9. The molecule has 3 aliphatic carbocycles. The molecule has 0 aliphatic heterocycles. The Morgan fingerprint density at radius 2 is 1.76 bits per heavy atom. The van der Waals surface area contributed by atoms with E-state index in [2.05, 4.69) is 15.1 Å². The van der Waals surface area contributed by atoms with Crippen LogP contribution in [0.1, 0.15) is 40.7 Å². The number of hydrogen-bond acceptors (Lipinski definition) is 4. The molecule has 0 saturated heterocycles. The molecular formula is C23H21F3N4O3S. The van der Waals surface area contributed by atoms with E-state index < -0.39 is 38.9 Å². The molecule has 178 valence electrons. The van der Waals surface area contributed by atoms with Gasteiger partial charge >= 0.3 is 6.18 Å². The van der Waals surface area contributed by atoms with Gasteiger partial charge in [-0.1, -0.05) is 30.3 Å². The van der Waals surface area contributed by atoms with Crippen LogP contribution in [0.3, 0.4) is 0 Å². The van der Waals surface area contributed by atoms with Gasteiger partial charge in [-0.3, -0.25) is 14.2 Å². The van der Waals surface area contributed by atoms with Crippen LogP contribution in [-0.4, -0.2) is 29.6 Å².